The molecule has 4 heterocycles. The molecule has 11 heteroatoms. The zero-order chi connectivity index (χ0) is 24.0. The van der Waals surface area contributed by atoms with Crippen molar-refractivity contribution in [2.24, 2.45) is 0 Å². The van der Waals surface area contributed by atoms with Crippen molar-refractivity contribution in [3.63, 3.8) is 0 Å². The van der Waals surface area contributed by atoms with Crippen molar-refractivity contribution in [2.45, 2.75) is 43.9 Å². The number of nitrogens with two attached hydrogens (primary N) is 1. The monoisotopic (exact) mass is 476 g/mol. The molecule has 0 bridgehead atoms. The first-order chi connectivity index (χ1) is 16.1. The summed E-state index contributed by atoms with van der Waals surface area (Å²) in [7, 11) is 1.48. The van der Waals surface area contributed by atoms with Crippen molar-refractivity contribution in [1.29, 1.82) is 0 Å². The van der Waals surface area contributed by atoms with Crippen LogP contribution in [0.3, 0.4) is 0 Å². The molecule has 3 aliphatic rings. The van der Waals surface area contributed by atoms with Crippen LogP contribution in [-0.2, 0) is 34.5 Å². The van der Waals surface area contributed by atoms with Crippen molar-refractivity contribution in [1.82, 2.24) is 14.9 Å². The minimum absolute atomic E-state index is 0.0216. The average Bonchev–Trinajstić information content (AvgIpc) is 3.19. The summed E-state index contributed by atoms with van der Waals surface area (Å²) in [5.41, 5.74) is 7.19. The number of nitrogens with one attached hydrogen (secondary N) is 1. The number of nitrogen functional groups attached to an aromatic ring is 1. The Balaban J connectivity index is 1.39. The van der Waals surface area contributed by atoms with E-state index in [4.69, 9.17) is 15.2 Å². The lowest BCUT2D eigenvalue weighted by Crippen LogP contribution is -2.40. The Morgan fingerprint density at radius 3 is 2.68 bits per heavy atom. The van der Waals surface area contributed by atoms with Gasteiger partial charge in [-0.3, -0.25) is 4.79 Å². The van der Waals surface area contributed by atoms with Crippen molar-refractivity contribution in [3.8, 4) is 0 Å². The Hall–Kier alpha value is -3.18. The average molecular weight is 476 g/mol. The molecule has 6 rings (SSSR count). The molecule has 1 spiro atoms. The van der Waals surface area contributed by atoms with Crippen LogP contribution >= 0.6 is 0 Å². The van der Waals surface area contributed by atoms with Crippen LogP contribution in [0.2, 0.25) is 0 Å². The van der Waals surface area contributed by atoms with E-state index in [1.54, 1.807) is 6.07 Å². The zero-order valence-corrected chi connectivity index (χ0v) is 18.1. The van der Waals surface area contributed by atoms with E-state index in [0.29, 0.717) is 49.0 Å². The van der Waals surface area contributed by atoms with Crippen LogP contribution in [0.5, 0.6) is 0 Å². The molecule has 3 aromatic rings. The number of fused-ring (bicyclic) bond motifs is 5. The van der Waals surface area contributed by atoms with Crippen LogP contribution in [0.1, 0.15) is 57.2 Å². The second-order valence-corrected chi connectivity index (χ2v) is 9.04. The van der Waals surface area contributed by atoms with Gasteiger partial charge in [-0.1, -0.05) is 0 Å². The highest BCUT2D eigenvalue weighted by molar-refractivity contribution is 5.98. The number of hydrogen-bond donors (Lipinski definition) is 2. The summed E-state index contributed by atoms with van der Waals surface area (Å²) < 4.78 is 66.5. The summed E-state index contributed by atoms with van der Waals surface area (Å²) >= 11 is 0. The van der Waals surface area contributed by atoms with E-state index >= 15 is 4.39 Å². The maximum absolute atomic E-state index is 15.1. The van der Waals surface area contributed by atoms with Gasteiger partial charge in [0.2, 0.25) is 0 Å². The van der Waals surface area contributed by atoms with Gasteiger partial charge < -0.3 is 25.1 Å². The number of benzene rings is 1. The predicted molar refractivity (Wildman–Crippen MR) is 112 cm³/mol. The molecule has 34 heavy (non-hydrogen) atoms. The quantitative estimate of drug-likeness (QED) is 0.542. The minimum Gasteiger partial charge on any atom is -0.383 e. The first-order valence-electron chi connectivity index (χ1n) is 10.8. The molecule has 1 amide bonds. The second-order valence-electron chi connectivity index (χ2n) is 9.04. The number of halogens is 4. The summed E-state index contributed by atoms with van der Waals surface area (Å²) in [4.78, 5) is 22.1. The maximum atomic E-state index is 15.1. The van der Waals surface area contributed by atoms with E-state index in [1.165, 1.54) is 11.9 Å². The van der Waals surface area contributed by atoms with Crippen LogP contribution in [0.25, 0.3) is 11.0 Å². The Labute approximate surface area is 190 Å². The first kappa shape index (κ1) is 21.4. The van der Waals surface area contributed by atoms with Gasteiger partial charge in [0.25, 0.3) is 5.91 Å². The lowest BCUT2D eigenvalue weighted by molar-refractivity contribution is -0.138. The van der Waals surface area contributed by atoms with Gasteiger partial charge in [0.05, 0.1) is 48.1 Å². The third-order valence-corrected chi connectivity index (χ3v) is 7.03. The standard InChI is InChI=1S/C23H20F4N4O3/c1-31(21(32)16-6-15-19(29-16)11-7-33-8-12(11)20(28)30-15)17-9-34-22(2-3-22)13-4-10(23(25,26)27)5-14(24)18(13)17/h4-6,17,29H,2-3,7-9H2,1H3,(H2,28,30)/t17-/m0/s1. The number of likely N-dealkylation sites (N-methyl/N-ethyl adjacent to an activating group) is 1. The van der Waals surface area contributed by atoms with E-state index < -0.39 is 35.1 Å². The van der Waals surface area contributed by atoms with Gasteiger partial charge in [-0.05, 0) is 36.6 Å². The number of rotatable bonds is 2. The van der Waals surface area contributed by atoms with E-state index in [-0.39, 0.29) is 23.4 Å². The predicted octanol–water partition coefficient (Wildman–Crippen LogP) is 4.17. The SMILES string of the molecule is CN(C(=O)c1cc2nc(N)c3c(c2[nH]1)COC3)[C@H]1COC2(CC2)c2cc(C(F)(F)F)cc(F)c21. The molecule has 0 radical (unpaired) electrons. The number of carbonyl (C=O) groups excluding carboxylic acids is 1. The third kappa shape index (κ3) is 3.03. The topological polar surface area (TPSA) is 93.5 Å². The highest BCUT2D eigenvalue weighted by Crippen LogP contribution is 2.56. The molecule has 1 aromatic carbocycles. The number of anilines is 1. The van der Waals surface area contributed by atoms with Gasteiger partial charge in [-0.25, -0.2) is 9.37 Å². The van der Waals surface area contributed by atoms with Crippen molar-refractivity contribution >= 4 is 22.8 Å². The molecule has 3 N–H and O–H groups in total. The molecule has 178 valence electrons. The highest BCUT2D eigenvalue weighted by atomic mass is 19.4. The van der Waals surface area contributed by atoms with Crippen LogP contribution < -0.4 is 5.73 Å². The molecule has 2 aliphatic heterocycles. The molecule has 1 fully saturated rings. The van der Waals surface area contributed by atoms with E-state index in [0.717, 1.165) is 17.2 Å². The smallest absolute Gasteiger partial charge is 0.383 e. The number of alkyl halides is 3. The minimum atomic E-state index is -4.69. The number of hydrogen-bond acceptors (Lipinski definition) is 5. The Kier molecular flexibility index (Phi) is 4.35. The molecule has 7 nitrogen and oxygen atoms in total. The summed E-state index contributed by atoms with van der Waals surface area (Å²) in [6, 6.07) is 2.10. The molecule has 1 saturated carbocycles. The number of pyridine rings is 1. The summed E-state index contributed by atoms with van der Waals surface area (Å²) in [6.45, 7) is 0.650. The van der Waals surface area contributed by atoms with Crippen LogP contribution in [0.15, 0.2) is 18.2 Å². The largest absolute Gasteiger partial charge is 0.416 e. The van der Waals surface area contributed by atoms with Gasteiger partial charge in [-0.2, -0.15) is 13.2 Å². The number of nitrogens with zero attached hydrogens (tertiary/aromatic N) is 2. The van der Waals surface area contributed by atoms with Gasteiger partial charge in [0.1, 0.15) is 17.3 Å². The van der Waals surface area contributed by atoms with Crippen LogP contribution in [-0.4, -0.2) is 34.4 Å². The molecular formula is C23H20F4N4O3. The van der Waals surface area contributed by atoms with Crippen molar-refractivity contribution < 1.29 is 31.8 Å². The first-order valence-corrected chi connectivity index (χ1v) is 10.8. The fourth-order valence-electron chi connectivity index (χ4n) is 5.02. The highest BCUT2D eigenvalue weighted by Gasteiger charge is 2.53. The number of amides is 1. The van der Waals surface area contributed by atoms with Crippen molar-refractivity contribution in [3.05, 3.63) is 57.5 Å². The normalized spacial score (nSPS) is 20.4. The molecule has 1 aliphatic carbocycles. The van der Waals surface area contributed by atoms with E-state index in [1.807, 2.05) is 0 Å². The Morgan fingerprint density at radius 1 is 1.24 bits per heavy atom. The van der Waals surface area contributed by atoms with Gasteiger partial charge in [-0.15, -0.1) is 0 Å². The Bertz CT molecular complexity index is 1360. The molecule has 2 aromatic heterocycles. The lowest BCUT2D eigenvalue weighted by Gasteiger charge is -2.37. The molecule has 1 atom stereocenters. The molecular weight excluding hydrogens is 456 g/mol. The number of ether oxygens (including phenoxy) is 2. The summed E-state index contributed by atoms with van der Waals surface area (Å²) in [5, 5.41) is 0. The van der Waals surface area contributed by atoms with Crippen LogP contribution in [0, 0.1) is 5.82 Å². The zero-order valence-electron chi connectivity index (χ0n) is 18.1. The van der Waals surface area contributed by atoms with E-state index in [9.17, 15) is 18.0 Å². The van der Waals surface area contributed by atoms with Gasteiger partial charge in [0, 0.05) is 23.7 Å². The van der Waals surface area contributed by atoms with Gasteiger partial charge >= 0.3 is 6.18 Å². The molecule has 0 saturated heterocycles. The third-order valence-electron chi connectivity index (χ3n) is 7.03. The maximum Gasteiger partial charge on any atom is 0.416 e. The number of carbonyl (C=O) groups is 1. The fraction of sp³-hybridized carbons (Fsp3) is 0.391. The number of aromatic amines is 1. The number of aromatic nitrogens is 2. The Morgan fingerprint density at radius 2 is 1.97 bits per heavy atom. The van der Waals surface area contributed by atoms with Gasteiger partial charge in [0.15, 0.2) is 0 Å². The fourth-order valence-corrected chi connectivity index (χ4v) is 5.02. The summed E-state index contributed by atoms with van der Waals surface area (Å²) in [6.07, 6.45) is -3.68. The van der Waals surface area contributed by atoms with Crippen molar-refractivity contribution in [2.75, 3.05) is 19.4 Å². The molecule has 0 unspecified atom stereocenters. The lowest BCUT2D eigenvalue weighted by atomic mass is 9.89. The second kappa shape index (κ2) is 6.92. The summed E-state index contributed by atoms with van der Waals surface area (Å²) in [5.74, 6) is -1.14. The van der Waals surface area contributed by atoms with Crippen LogP contribution in [0.4, 0.5) is 23.4 Å². The number of H-pyrrole nitrogens is 1. The van der Waals surface area contributed by atoms with E-state index in [2.05, 4.69) is 9.97 Å².